The zero-order chi connectivity index (χ0) is 15.6. The Balaban J connectivity index is 2.53. The minimum Gasteiger partial charge on any atom is -0.311 e. The molecule has 0 bridgehead atoms. The molecule has 0 saturated carbocycles. The molecule has 21 heavy (non-hydrogen) atoms. The molecule has 0 saturated heterocycles. The predicted molar refractivity (Wildman–Crippen MR) is 84.8 cm³/mol. The van der Waals surface area contributed by atoms with Gasteiger partial charge in [-0.25, -0.2) is 14.6 Å². The number of rotatable bonds is 5. The third kappa shape index (κ3) is 3.13. The molecule has 114 valence electrons. The first-order valence-electron chi connectivity index (χ1n) is 7.55. The molecule has 2 aromatic rings. The highest BCUT2D eigenvalue weighted by Crippen LogP contribution is 2.20. The first-order valence-corrected chi connectivity index (χ1v) is 7.55. The molecule has 2 heterocycles. The number of aromatic nitrogens is 4. The Morgan fingerprint density at radius 1 is 1.24 bits per heavy atom. The molecular weight excluding hydrogens is 262 g/mol. The van der Waals surface area contributed by atoms with Gasteiger partial charge in [0, 0.05) is 18.2 Å². The highest BCUT2D eigenvalue weighted by molar-refractivity contribution is 5.38. The van der Waals surface area contributed by atoms with E-state index < -0.39 is 0 Å². The van der Waals surface area contributed by atoms with Crippen LogP contribution in [0.2, 0.25) is 0 Å². The van der Waals surface area contributed by atoms with E-state index in [9.17, 15) is 0 Å². The van der Waals surface area contributed by atoms with Gasteiger partial charge in [0.25, 0.3) is 0 Å². The second-order valence-electron chi connectivity index (χ2n) is 5.70. The maximum atomic E-state index is 4.73. The Morgan fingerprint density at radius 3 is 2.48 bits per heavy atom. The third-order valence-corrected chi connectivity index (χ3v) is 3.80. The lowest BCUT2D eigenvalue weighted by Gasteiger charge is -2.13. The zero-order valence-electron chi connectivity index (χ0n) is 13.9. The smallest absolute Gasteiger partial charge is 0.131 e. The van der Waals surface area contributed by atoms with Crippen molar-refractivity contribution in [2.24, 2.45) is 0 Å². The first-order chi connectivity index (χ1) is 9.95. The summed E-state index contributed by atoms with van der Waals surface area (Å²) >= 11 is 0. The Hall–Kier alpha value is -1.75. The van der Waals surface area contributed by atoms with Crippen molar-refractivity contribution >= 4 is 0 Å². The summed E-state index contributed by atoms with van der Waals surface area (Å²) in [5.74, 6) is 1.20. The molecule has 5 heteroatoms. The molecule has 0 aliphatic rings. The molecule has 0 radical (unpaired) electrons. The quantitative estimate of drug-likeness (QED) is 0.918. The fourth-order valence-corrected chi connectivity index (χ4v) is 2.21. The molecule has 5 nitrogen and oxygen atoms in total. The highest BCUT2D eigenvalue weighted by atomic mass is 15.3. The second-order valence-corrected chi connectivity index (χ2v) is 5.70. The average Bonchev–Trinajstić information content (AvgIpc) is 2.72. The van der Waals surface area contributed by atoms with E-state index in [-0.39, 0.29) is 0 Å². The van der Waals surface area contributed by atoms with Gasteiger partial charge < -0.3 is 5.32 Å². The molecule has 0 aromatic carbocycles. The highest BCUT2D eigenvalue weighted by Gasteiger charge is 2.15. The van der Waals surface area contributed by atoms with Crippen LogP contribution in [0.4, 0.5) is 0 Å². The number of nitrogens with one attached hydrogen (secondary N) is 1. The number of hydrogen-bond acceptors (Lipinski definition) is 4. The molecule has 0 atom stereocenters. The minimum absolute atomic E-state index is 0.321. The summed E-state index contributed by atoms with van der Waals surface area (Å²) in [6.45, 7) is 14.2. The summed E-state index contributed by atoms with van der Waals surface area (Å²) in [6, 6.07) is 0. The van der Waals surface area contributed by atoms with Crippen LogP contribution in [-0.2, 0) is 6.54 Å². The molecule has 2 rings (SSSR count). The van der Waals surface area contributed by atoms with Gasteiger partial charge in [-0.15, -0.1) is 0 Å². The molecule has 0 amide bonds. The van der Waals surface area contributed by atoms with Gasteiger partial charge in [0.1, 0.15) is 11.5 Å². The van der Waals surface area contributed by atoms with E-state index >= 15 is 0 Å². The molecular formula is C16H25N5. The first kappa shape index (κ1) is 15.6. The fraction of sp³-hybridized carbons (Fsp3) is 0.562. The number of hydrogen-bond donors (Lipinski definition) is 1. The van der Waals surface area contributed by atoms with Gasteiger partial charge in [0.15, 0.2) is 0 Å². The van der Waals surface area contributed by atoms with Gasteiger partial charge in [0.2, 0.25) is 0 Å². The topological polar surface area (TPSA) is 55.6 Å². The van der Waals surface area contributed by atoms with Crippen LogP contribution in [0.3, 0.4) is 0 Å². The SMILES string of the molecule is CCNCc1nc(C(C)C)ncc1-n1nc(C)c(C)c1C. The van der Waals surface area contributed by atoms with Crippen molar-refractivity contribution in [3.8, 4) is 5.69 Å². The fourth-order valence-electron chi connectivity index (χ4n) is 2.21. The van der Waals surface area contributed by atoms with Gasteiger partial charge in [-0.2, -0.15) is 5.10 Å². The lowest BCUT2D eigenvalue weighted by atomic mass is 10.2. The van der Waals surface area contributed by atoms with Crippen LogP contribution in [0.1, 0.15) is 55.2 Å². The van der Waals surface area contributed by atoms with Crippen molar-refractivity contribution in [3.05, 3.63) is 34.7 Å². The maximum Gasteiger partial charge on any atom is 0.131 e. The third-order valence-electron chi connectivity index (χ3n) is 3.80. The minimum atomic E-state index is 0.321. The van der Waals surface area contributed by atoms with Crippen molar-refractivity contribution in [1.29, 1.82) is 0 Å². The largest absolute Gasteiger partial charge is 0.311 e. The Morgan fingerprint density at radius 2 is 1.95 bits per heavy atom. The van der Waals surface area contributed by atoms with E-state index in [4.69, 9.17) is 4.98 Å². The number of nitrogens with zero attached hydrogens (tertiary/aromatic N) is 4. The summed E-state index contributed by atoms with van der Waals surface area (Å²) in [7, 11) is 0. The van der Waals surface area contributed by atoms with Crippen molar-refractivity contribution in [1.82, 2.24) is 25.1 Å². The van der Waals surface area contributed by atoms with Crippen molar-refractivity contribution in [2.75, 3.05) is 6.54 Å². The van der Waals surface area contributed by atoms with E-state index in [1.807, 2.05) is 17.8 Å². The van der Waals surface area contributed by atoms with Gasteiger partial charge in [-0.05, 0) is 32.9 Å². The van der Waals surface area contributed by atoms with Crippen molar-refractivity contribution < 1.29 is 0 Å². The predicted octanol–water partition coefficient (Wildman–Crippen LogP) is 2.82. The van der Waals surface area contributed by atoms with Crippen LogP contribution in [0, 0.1) is 20.8 Å². The second kappa shape index (κ2) is 6.35. The van der Waals surface area contributed by atoms with E-state index in [1.54, 1.807) is 0 Å². The van der Waals surface area contributed by atoms with Crippen LogP contribution >= 0.6 is 0 Å². The molecule has 0 aliphatic heterocycles. The Labute approximate surface area is 126 Å². The lowest BCUT2D eigenvalue weighted by molar-refractivity contribution is 0.670. The lowest BCUT2D eigenvalue weighted by Crippen LogP contribution is -2.18. The van der Waals surface area contributed by atoms with E-state index in [0.29, 0.717) is 5.92 Å². The monoisotopic (exact) mass is 287 g/mol. The summed E-state index contributed by atoms with van der Waals surface area (Å²) in [5, 5.41) is 7.98. The molecule has 0 unspecified atom stereocenters. The van der Waals surface area contributed by atoms with Crippen molar-refractivity contribution in [3.63, 3.8) is 0 Å². The molecule has 0 spiro atoms. The van der Waals surface area contributed by atoms with Crippen LogP contribution < -0.4 is 5.32 Å². The molecule has 1 N–H and O–H groups in total. The van der Waals surface area contributed by atoms with Crippen LogP contribution in [0.25, 0.3) is 5.69 Å². The van der Waals surface area contributed by atoms with E-state index in [0.717, 1.165) is 41.7 Å². The Kier molecular flexibility index (Phi) is 4.73. The summed E-state index contributed by atoms with van der Waals surface area (Å²) in [5.41, 5.74) is 5.38. The van der Waals surface area contributed by atoms with E-state index in [2.05, 4.69) is 50.0 Å². The summed E-state index contributed by atoms with van der Waals surface area (Å²) in [6.07, 6.45) is 1.90. The normalized spacial score (nSPS) is 11.4. The van der Waals surface area contributed by atoms with Gasteiger partial charge >= 0.3 is 0 Å². The van der Waals surface area contributed by atoms with Crippen LogP contribution in [-0.4, -0.2) is 26.3 Å². The summed E-state index contributed by atoms with van der Waals surface area (Å²) < 4.78 is 1.96. The van der Waals surface area contributed by atoms with Crippen molar-refractivity contribution in [2.45, 2.75) is 54.0 Å². The maximum absolute atomic E-state index is 4.73. The Bertz CT molecular complexity index is 628. The molecule has 0 aliphatic carbocycles. The van der Waals surface area contributed by atoms with Crippen LogP contribution in [0.15, 0.2) is 6.20 Å². The summed E-state index contributed by atoms with van der Waals surface area (Å²) in [4.78, 5) is 9.24. The van der Waals surface area contributed by atoms with Crippen LogP contribution in [0.5, 0.6) is 0 Å². The molecule has 2 aromatic heterocycles. The van der Waals surface area contributed by atoms with Gasteiger partial charge in [0.05, 0.1) is 17.6 Å². The van der Waals surface area contributed by atoms with Gasteiger partial charge in [-0.1, -0.05) is 20.8 Å². The zero-order valence-corrected chi connectivity index (χ0v) is 13.9. The van der Waals surface area contributed by atoms with E-state index in [1.165, 1.54) is 5.56 Å². The van der Waals surface area contributed by atoms with Gasteiger partial charge in [-0.3, -0.25) is 0 Å². The average molecular weight is 287 g/mol. The molecule has 0 fully saturated rings. The number of aryl methyl sites for hydroxylation is 1. The standard InChI is InChI=1S/C16H25N5/c1-7-17-8-14-15(9-18-16(19-14)10(2)3)21-13(6)11(4)12(5)20-21/h9-10,17H,7-8H2,1-6H3.